The van der Waals surface area contributed by atoms with E-state index in [9.17, 15) is 0 Å². The van der Waals surface area contributed by atoms with E-state index in [1.54, 1.807) is 6.07 Å². The number of halogens is 2. The van der Waals surface area contributed by atoms with Crippen LogP contribution in [0.25, 0.3) is 11.1 Å². The molecule has 2 rings (SSSR count). The Morgan fingerprint density at radius 2 is 2.31 bits per heavy atom. The summed E-state index contributed by atoms with van der Waals surface area (Å²) in [6.07, 6.45) is 1.90. The predicted octanol–water partition coefficient (Wildman–Crippen LogP) is 3.36. The fraction of sp³-hybridized carbons (Fsp3) is 0.143. The molecule has 2 aromatic rings. The van der Waals surface area contributed by atoms with Gasteiger partial charge >= 0.3 is 0 Å². The van der Waals surface area contributed by atoms with Crippen molar-refractivity contribution in [2.45, 2.75) is 5.16 Å². The molecule has 0 N–H and O–H groups in total. The summed E-state index contributed by atoms with van der Waals surface area (Å²) in [6.45, 7) is 0. The van der Waals surface area contributed by atoms with E-state index in [1.807, 2.05) is 6.26 Å². The van der Waals surface area contributed by atoms with Crippen LogP contribution in [0.2, 0.25) is 5.15 Å². The van der Waals surface area contributed by atoms with E-state index in [4.69, 9.17) is 16.0 Å². The van der Waals surface area contributed by atoms with E-state index >= 15 is 0 Å². The number of rotatable bonds is 1. The zero-order chi connectivity index (χ0) is 9.42. The van der Waals surface area contributed by atoms with E-state index in [0.717, 1.165) is 5.52 Å². The van der Waals surface area contributed by atoms with Crippen molar-refractivity contribution in [1.29, 1.82) is 0 Å². The highest BCUT2D eigenvalue weighted by Crippen LogP contribution is 2.28. The third-order valence-electron chi connectivity index (χ3n) is 1.46. The van der Waals surface area contributed by atoms with Gasteiger partial charge in [0.1, 0.15) is 5.52 Å². The Hall–Kier alpha value is -0.260. The molecule has 0 saturated carbocycles. The van der Waals surface area contributed by atoms with Crippen molar-refractivity contribution in [3.8, 4) is 0 Å². The number of hydrogen-bond donors (Lipinski definition) is 0. The zero-order valence-electron chi connectivity index (χ0n) is 6.54. The van der Waals surface area contributed by atoms with Crippen LogP contribution in [-0.4, -0.2) is 16.2 Å². The van der Waals surface area contributed by atoms with Crippen molar-refractivity contribution >= 4 is 50.4 Å². The van der Waals surface area contributed by atoms with Crippen molar-refractivity contribution in [2.75, 3.05) is 6.26 Å². The molecule has 3 nitrogen and oxygen atoms in total. The standard InChI is InChI=1S/C7H4BrClN2OS/c1-13-7-10-3-2-4(8)12-5(3)6(9)11-7/h2H,1H3. The van der Waals surface area contributed by atoms with E-state index in [1.165, 1.54) is 11.8 Å². The first-order valence-corrected chi connectivity index (χ1v) is 5.77. The van der Waals surface area contributed by atoms with Crippen molar-refractivity contribution in [3.05, 3.63) is 15.9 Å². The first kappa shape index (κ1) is 9.30. The number of thioether (sulfide) groups is 1. The third kappa shape index (κ3) is 1.68. The van der Waals surface area contributed by atoms with Gasteiger partial charge in [0, 0.05) is 6.07 Å². The predicted molar refractivity (Wildman–Crippen MR) is 56.3 cm³/mol. The highest BCUT2D eigenvalue weighted by atomic mass is 79.9. The summed E-state index contributed by atoms with van der Waals surface area (Å²) < 4.78 is 5.86. The van der Waals surface area contributed by atoms with Crippen molar-refractivity contribution < 1.29 is 4.42 Å². The molecule has 0 bridgehead atoms. The van der Waals surface area contributed by atoms with Crippen LogP contribution >= 0.6 is 39.3 Å². The van der Waals surface area contributed by atoms with Crippen LogP contribution in [0.5, 0.6) is 0 Å². The summed E-state index contributed by atoms with van der Waals surface area (Å²) in [4.78, 5) is 8.25. The molecule has 13 heavy (non-hydrogen) atoms. The van der Waals surface area contributed by atoms with E-state index in [-0.39, 0.29) is 0 Å². The molecule has 0 spiro atoms. The summed E-state index contributed by atoms with van der Waals surface area (Å²) in [5, 5.41) is 0.992. The monoisotopic (exact) mass is 278 g/mol. The SMILES string of the molecule is CSc1nc(Cl)c2oc(Br)cc2n1. The number of furan rings is 1. The van der Waals surface area contributed by atoms with Crippen LogP contribution in [0.15, 0.2) is 20.3 Å². The van der Waals surface area contributed by atoms with Gasteiger partial charge in [-0.25, -0.2) is 9.97 Å². The van der Waals surface area contributed by atoms with Crippen molar-refractivity contribution in [3.63, 3.8) is 0 Å². The van der Waals surface area contributed by atoms with Crippen LogP contribution in [0.3, 0.4) is 0 Å². The summed E-state index contributed by atoms with van der Waals surface area (Å²) >= 11 is 10.5. The molecule has 6 heteroatoms. The van der Waals surface area contributed by atoms with Gasteiger partial charge in [0.2, 0.25) is 0 Å². The number of fused-ring (bicyclic) bond motifs is 1. The molecular weight excluding hydrogens is 276 g/mol. The molecule has 0 aliphatic rings. The van der Waals surface area contributed by atoms with Crippen LogP contribution < -0.4 is 0 Å². The average Bonchev–Trinajstić information content (AvgIpc) is 2.46. The van der Waals surface area contributed by atoms with Gasteiger partial charge in [-0.2, -0.15) is 0 Å². The first-order valence-electron chi connectivity index (χ1n) is 3.37. The number of aromatic nitrogens is 2. The van der Waals surface area contributed by atoms with Gasteiger partial charge in [-0.05, 0) is 22.2 Å². The van der Waals surface area contributed by atoms with Crippen molar-refractivity contribution in [2.24, 2.45) is 0 Å². The lowest BCUT2D eigenvalue weighted by Gasteiger charge is -1.95. The maximum atomic E-state index is 5.88. The molecule has 0 radical (unpaired) electrons. The normalized spacial score (nSPS) is 11.0. The van der Waals surface area contributed by atoms with E-state index < -0.39 is 0 Å². The lowest BCUT2D eigenvalue weighted by atomic mass is 10.5. The third-order valence-corrected chi connectivity index (χ3v) is 2.66. The number of hydrogen-bond acceptors (Lipinski definition) is 4. The Labute approximate surface area is 92.0 Å². The fourth-order valence-electron chi connectivity index (χ4n) is 0.937. The van der Waals surface area contributed by atoms with Gasteiger partial charge in [-0.1, -0.05) is 23.4 Å². The molecular formula is C7H4BrClN2OS. The highest BCUT2D eigenvalue weighted by Gasteiger charge is 2.10. The molecule has 0 atom stereocenters. The molecule has 0 aromatic carbocycles. The lowest BCUT2D eigenvalue weighted by molar-refractivity contribution is 0.584. The van der Waals surface area contributed by atoms with E-state index in [2.05, 4.69) is 25.9 Å². The van der Waals surface area contributed by atoms with E-state index in [0.29, 0.717) is 20.6 Å². The second-order valence-corrected chi connectivity index (χ2v) is 4.18. The van der Waals surface area contributed by atoms with Gasteiger partial charge in [-0.3, -0.25) is 0 Å². The Morgan fingerprint density at radius 3 is 3.00 bits per heavy atom. The lowest BCUT2D eigenvalue weighted by Crippen LogP contribution is -1.85. The molecule has 0 aliphatic heterocycles. The zero-order valence-corrected chi connectivity index (χ0v) is 9.70. The minimum absolute atomic E-state index is 0.347. The number of nitrogens with zero attached hydrogens (tertiary/aromatic N) is 2. The second-order valence-electron chi connectivity index (χ2n) is 2.27. The Bertz CT molecular complexity index is 459. The summed E-state index contributed by atoms with van der Waals surface area (Å²) in [5.41, 5.74) is 1.24. The van der Waals surface area contributed by atoms with Crippen LogP contribution in [0, 0.1) is 0 Å². The van der Waals surface area contributed by atoms with Gasteiger partial charge < -0.3 is 4.42 Å². The Kier molecular flexibility index (Phi) is 2.49. The maximum Gasteiger partial charge on any atom is 0.191 e. The maximum absolute atomic E-state index is 5.88. The van der Waals surface area contributed by atoms with Gasteiger partial charge in [0.25, 0.3) is 0 Å². The smallest absolute Gasteiger partial charge is 0.191 e. The van der Waals surface area contributed by atoms with Crippen molar-refractivity contribution in [1.82, 2.24) is 9.97 Å². The first-order chi connectivity index (χ1) is 6.20. The fourth-order valence-corrected chi connectivity index (χ4v) is 1.95. The molecule has 0 aliphatic carbocycles. The Morgan fingerprint density at radius 1 is 1.54 bits per heavy atom. The van der Waals surface area contributed by atoms with Crippen LogP contribution in [-0.2, 0) is 0 Å². The molecule has 0 unspecified atom stereocenters. The molecule has 0 amide bonds. The largest absolute Gasteiger partial charge is 0.444 e. The molecule has 2 heterocycles. The molecule has 0 saturated heterocycles. The van der Waals surface area contributed by atoms with Gasteiger partial charge in [-0.15, -0.1) is 0 Å². The second kappa shape index (κ2) is 3.48. The molecule has 0 fully saturated rings. The highest BCUT2D eigenvalue weighted by molar-refractivity contribution is 9.10. The summed E-state index contributed by atoms with van der Waals surface area (Å²) in [7, 11) is 0. The molecule has 68 valence electrons. The molecule has 2 aromatic heterocycles. The Balaban J connectivity index is 2.75. The van der Waals surface area contributed by atoms with Crippen LogP contribution in [0.4, 0.5) is 0 Å². The van der Waals surface area contributed by atoms with Gasteiger partial charge in [0.15, 0.2) is 20.6 Å². The van der Waals surface area contributed by atoms with Gasteiger partial charge in [0.05, 0.1) is 0 Å². The summed E-state index contributed by atoms with van der Waals surface area (Å²) in [5.74, 6) is 0. The summed E-state index contributed by atoms with van der Waals surface area (Å²) in [6, 6.07) is 1.77. The minimum Gasteiger partial charge on any atom is -0.444 e. The van der Waals surface area contributed by atoms with Crippen LogP contribution in [0.1, 0.15) is 0 Å². The topological polar surface area (TPSA) is 38.9 Å². The average molecular weight is 280 g/mol. The quantitative estimate of drug-likeness (QED) is 0.456. The minimum atomic E-state index is 0.347.